The molecule has 19 heavy (non-hydrogen) atoms. The Labute approximate surface area is 112 Å². The number of carboxylic acid groups (broad SMARTS) is 1. The number of hydrogen-bond acceptors (Lipinski definition) is 3. The van der Waals surface area contributed by atoms with Crippen LogP contribution in [0.5, 0.6) is 0 Å². The van der Waals surface area contributed by atoms with Crippen molar-refractivity contribution in [2.75, 3.05) is 11.4 Å². The zero-order valence-corrected chi connectivity index (χ0v) is 11.2. The summed E-state index contributed by atoms with van der Waals surface area (Å²) < 4.78 is 0. The van der Waals surface area contributed by atoms with Crippen molar-refractivity contribution < 1.29 is 9.90 Å². The quantitative estimate of drug-likeness (QED) is 0.896. The maximum atomic E-state index is 11.1. The fourth-order valence-electron chi connectivity index (χ4n) is 2.14. The lowest BCUT2D eigenvalue weighted by Gasteiger charge is -2.29. The maximum absolute atomic E-state index is 11.1. The zero-order chi connectivity index (χ0) is 13.8. The molecule has 4 heteroatoms. The largest absolute Gasteiger partial charge is 0.480 e. The van der Waals surface area contributed by atoms with E-state index in [4.69, 9.17) is 5.11 Å². The second kappa shape index (κ2) is 5.69. The second-order valence-corrected chi connectivity index (χ2v) is 4.63. The van der Waals surface area contributed by atoms with Crippen LogP contribution in [-0.4, -0.2) is 28.6 Å². The van der Waals surface area contributed by atoms with Crippen LogP contribution < -0.4 is 4.90 Å². The molecular formula is C15H18N2O2. The Kier molecular flexibility index (Phi) is 4.00. The van der Waals surface area contributed by atoms with Gasteiger partial charge in [0, 0.05) is 17.6 Å². The van der Waals surface area contributed by atoms with Crippen LogP contribution in [0.1, 0.15) is 20.3 Å². The normalized spacial score (nSPS) is 12.3. The lowest BCUT2D eigenvalue weighted by molar-refractivity contribution is -0.135. The van der Waals surface area contributed by atoms with E-state index >= 15 is 0 Å². The summed E-state index contributed by atoms with van der Waals surface area (Å²) in [5.74, 6) is -0.0927. The highest BCUT2D eigenvalue weighted by Gasteiger charge is 2.19. The molecule has 1 atom stereocenters. The van der Waals surface area contributed by atoms with Crippen LogP contribution in [-0.2, 0) is 4.79 Å². The molecule has 0 fully saturated rings. The van der Waals surface area contributed by atoms with Crippen LogP contribution in [0.25, 0.3) is 10.8 Å². The molecule has 1 aromatic carbocycles. The van der Waals surface area contributed by atoms with Crippen molar-refractivity contribution in [3.63, 3.8) is 0 Å². The van der Waals surface area contributed by atoms with Crippen molar-refractivity contribution in [3.8, 4) is 0 Å². The molecule has 1 heterocycles. The number of nitrogens with zero attached hydrogens (tertiary/aromatic N) is 2. The summed E-state index contributed by atoms with van der Waals surface area (Å²) in [6.45, 7) is 4.03. The minimum Gasteiger partial charge on any atom is -0.480 e. The SMILES string of the molecule is CCC(C)N(CC(=O)O)c1nccc2ccccc12. The molecule has 1 unspecified atom stereocenters. The number of carboxylic acids is 1. The predicted molar refractivity (Wildman–Crippen MR) is 76.5 cm³/mol. The monoisotopic (exact) mass is 258 g/mol. The fourth-order valence-corrected chi connectivity index (χ4v) is 2.14. The van der Waals surface area contributed by atoms with E-state index in [1.54, 1.807) is 6.20 Å². The third-order valence-corrected chi connectivity index (χ3v) is 3.35. The number of carbonyl (C=O) groups is 1. The highest BCUT2D eigenvalue weighted by Crippen LogP contribution is 2.26. The lowest BCUT2D eigenvalue weighted by Crippen LogP contribution is -2.37. The molecule has 0 saturated heterocycles. The molecular weight excluding hydrogens is 240 g/mol. The summed E-state index contributed by atoms with van der Waals surface area (Å²) in [6, 6.07) is 9.98. The highest BCUT2D eigenvalue weighted by atomic mass is 16.4. The predicted octanol–water partition coefficient (Wildman–Crippen LogP) is 2.92. The first-order valence-electron chi connectivity index (χ1n) is 6.45. The summed E-state index contributed by atoms with van der Waals surface area (Å²) in [7, 11) is 0. The van der Waals surface area contributed by atoms with E-state index in [-0.39, 0.29) is 12.6 Å². The molecule has 0 aliphatic carbocycles. The van der Waals surface area contributed by atoms with Crippen molar-refractivity contribution in [3.05, 3.63) is 36.5 Å². The van der Waals surface area contributed by atoms with Crippen molar-refractivity contribution in [1.82, 2.24) is 4.98 Å². The van der Waals surface area contributed by atoms with Gasteiger partial charge in [0.2, 0.25) is 0 Å². The summed E-state index contributed by atoms with van der Waals surface area (Å²) in [5, 5.41) is 11.2. The fraction of sp³-hybridized carbons (Fsp3) is 0.333. The zero-order valence-electron chi connectivity index (χ0n) is 11.2. The molecule has 0 aliphatic heterocycles. The number of pyridine rings is 1. The molecule has 0 bridgehead atoms. The average Bonchev–Trinajstić information content (AvgIpc) is 2.43. The van der Waals surface area contributed by atoms with Crippen molar-refractivity contribution >= 4 is 22.6 Å². The van der Waals surface area contributed by atoms with Crippen molar-refractivity contribution in [1.29, 1.82) is 0 Å². The summed E-state index contributed by atoms with van der Waals surface area (Å²) in [5.41, 5.74) is 0. The third kappa shape index (κ3) is 2.84. The molecule has 1 N–H and O–H groups in total. The van der Waals surface area contributed by atoms with E-state index in [0.29, 0.717) is 0 Å². The molecule has 100 valence electrons. The minimum atomic E-state index is -0.838. The first-order chi connectivity index (χ1) is 9.13. The van der Waals surface area contributed by atoms with Crippen LogP contribution in [0.15, 0.2) is 36.5 Å². The van der Waals surface area contributed by atoms with Gasteiger partial charge in [0.1, 0.15) is 12.4 Å². The first-order valence-corrected chi connectivity index (χ1v) is 6.45. The highest BCUT2D eigenvalue weighted by molar-refractivity contribution is 5.93. The summed E-state index contributed by atoms with van der Waals surface area (Å²) >= 11 is 0. The molecule has 0 radical (unpaired) electrons. The van der Waals surface area contributed by atoms with Gasteiger partial charge in [-0.3, -0.25) is 4.79 Å². The maximum Gasteiger partial charge on any atom is 0.323 e. The van der Waals surface area contributed by atoms with Crippen LogP contribution in [0, 0.1) is 0 Å². The molecule has 0 saturated carbocycles. The topological polar surface area (TPSA) is 53.4 Å². The second-order valence-electron chi connectivity index (χ2n) is 4.63. The van der Waals surface area contributed by atoms with E-state index in [0.717, 1.165) is 23.0 Å². The molecule has 1 aromatic heterocycles. The smallest absolute Gasteiger partial charge is 0.323 e. The Bertz CT molecular complexity index is 578. The van der Waals surface area contributed by atoms with E-state index < -0.39 is 5.97 Å². The van der Waals surface area contributed by atoms with Gasteiger partial charge in [0.15, 0.2) is 0 Å². The van der Waals surface area contributed by atoms with Gasteiger partial charge in [-0.25, -0.2) is 4.98 Å². The number of anilines is 1. The van der Waals surface area contributed by atoms with Gasteiger partial charge in [0.05, 0.1) is 0 Å². The van der Waals surface area contributed by atoms with Gasteiger partial charge in [0.25, 0.3) is 0 Å². The third-order valence-electron chi connectivity index (χ3n) is 3.35. The van der Waals surface area contributed by atoms with Crippen LogP contribution in [0.4, 0.5) is 5.82 Å². The first kappa shape index (κ1) is 13.3. The molecule has 0 spiro atoms. The molecule has 4 nitrogen and oxygen atoms in total. The lowest BCUT2D eigenvalue weighted by atomic mass is 10.1. The van der Waals surface area contributed by atoms with E-state index in [1.807, 2.05) is 49.1 Å². The number of benzene rings is 1. The summed E-state index contributed by atoms with van der Waals surface area (Å²) in [4.78, 5) is 17.3. The molecule has 2 rings (SSSR count). The Morgan fingerprint density at radius 1 is 1.37 bits per heavy atom. The number of aliphatic carboxylic acids is 1. The number of fused-ring (bicyclic) bond motifs is 1. The van der Waals surface area contributed by atoms with Gasteiger partial charge in [-0.1, -0.05) is 31.2 Å². The minimum absolute atomic E-state index is 0.0317. The number of rotatable bonds is 5. The average molecular weight is 258 g/mol. The number of aromatic nitrogens is 1. The van der Waals surface area contributed by atoms with Crippen molar-refractivity contribution in [2.45, 2.75) is 26.3 Å². The Morgan fingerprint density at radius 2 is 2.11 bits per heavy atom. The molecule has 0 amide bonds. The van der Waals surface area contributed by atoms with Crippen LogP contribution in [0.3, 0.4) is 0 Å². The van der Waals surface area contributed by atoms with Crippen LogP contribution in [0.2, 0.25) is 0 Å². The Balaban J connectivity index is 2.52. The van der Waals surface area contributed by atoms with E-state index in [2.05, 4.69) is 4.98 Å². The van der Waals surface area contributed by atoms with Crippen molar-refractivity contribution in [2.24, 2.45) is 0 Å². The van der Waals surface area contributed by atoms with Gasteiger partial charge in [-0.15, -0.1) is 0 Å². The van der Waals surface area contributed by atoms with Crippen LogP contribution >= 0.6 is 0 Å². The Morgan fingerprint density at radius 3 is 2.79 bits per heavy atom. The number of hydrogen-bond donors (Lipinski definition) is 1. The van der Waals surface area contributed by atoms with E-state index in [9.17, 15) is 4.79 Å². The van der Waals surface area contributed by atoms with Gasteiger partial charge >= 0.3 is 5.97 Å². The van der Waals surface area contributed by atoms with Gasteiger partial charge in [-0.05, 0) is 24.8 Å². The van der Waals surface area contributed by atoms with Gasteiger partial charge in [-0.2, -0.15) is 0 Å². The molecule has 0 aliphatic rings. The molecule has 2 aromatic rings. The Hall–Kier alpha value is -2.10. The standard InChI is InChI=1S/C15H18N2O2/c1-3-11(2)17(10-14(18)19)15-13-7-5-4-6-12(13)8-9-16-15/h4-9,11H,3,10H2,1-2H3,(H,18,19). The van der Waals surface area contributed by atoms with E-state index in [1.165, 1.54) is 0 Å². The van der Waals surface area contributed by atoms with Gasteiger partial charge < -0.3 is 10.0 Å². The summed E-state index contributed by atoms with van der Waals surface area (Å²) in [6.07, 6.45) is 2.60.